The van der Waals surface area contributed by atoms with Crippen LogP contribution in [0.4, 0.5) is 0 Å². The Hall–Kier alpha value is -1.80. The largest absolute Gasteiger partial charge is 0.492 e. The lowest BCUT2D eigenvalue weighted by atomic mass is 9.88. The Morgan fingerprint density at radius 3 is 2.55 bits per heavy atom. The van der Waals surface area contributed by atoms with E-state index < -0.39 is 0 Å². The van der Waals surface area contributed by atoms with Crippen molar-refractivity contribution in [2.45, 2.75) is 25.3 Å². The molecule has 3 rings (SSSR count). The molecular formula is C18H21NO. The van der Waals surface area contributed by atoms with E-state index in [1.54, 1.807) is 0 Å². The SMILES string of the molecule is c1ccc(OCCNC2CCc3ccccc3C2)cc1. The van der Waals surface area contributed by atoms with Gasteiger partial charge in [-0.25, -0.2) is 0 Å². The molecule has 0 aromatic heterocycles. The Morgan fingerprint density at radius 1 is 0.950 bits per heavy atom. The van der Waals surface area contributed by atoms with Gasteiger partial charge in [0.1, 0.15) is 12.4 Å². The number of nitrogens with one attached hydrogen (secondary N) is 1. The minimum absolute atomic E-state index is 0.587. The highest BCUT2D eigenvalue weighted by Crippen LogP contribution is 2.20. The molecule has 2 aromatic carbocycles. The number of aryl methyl sites for hydroxylation is 1. The second-order valence-corrected chi connectivity index (χ2v) is 5.32. The van der Waals surface area contributed by atoms with Gasteiger partial charge in [0, 0.05) is 12.6 Å². The molecule has 0 saturated heterocycles. The van der Waals surface area contributed by atoms with Gasteiger partial charge in [0.15, 0.2) is 0 Å². The number of rotatable bonds is 5. The molecule has 0 fully saturated rings. The van der Waals surface area contributed by atoms with Gasteiger partial charge in [-0.3, -0.25) is 0 Å². The van der Waals surface area contributed by atoms with Gasteiger partial charge in [0.05, 0.1) is 0 Å². The van der Waals surface area contributed by atoms with E-state index in [1.165, 1.54) is 24.0 Å². The maximum absolute atomic E-state index is 5.70. The lowest BCUT2D eigenvalue weighted by Crippen LogP contribution is -2.36. The van der Waals surface area contributed by atoms with Crippen molar-refractivity contribution in [2.75, 3.05) is 13.2 Å². The molecule has 2 nitrogen and oxygen atoms in total. The van der Waals surface area contributed by atoms with E-state index in [1.807, 2.05) is 30.3 Å². The lowest BCUT2D eigenvalue weighted by Gasteiger charge is -2.25. The molecule has 1 aliphatic carbocycles. The molecule has 0 saturated carbocycles. The van der Waals surface area contributed by atoms with Crippen LogP contribution in [0.15, 0.2) is 54.6 Å². The molecule has 1 atom stereocenters. The molecule has 1 N–H and O–H groups in total. The van der Waals surface area contributed by atoms with Crippen LogP contribution in [-0.4, -0.2) is 19.2 Å². The predicted molar refractivity (Wildman–Crippen MR) is 82.2 cm³/mol. The summed E-state index contributed by atoms with van der Waals surface area (Å²) in [7, 11) is 0. The van der Waals surface area contributed by atoms with E-state index in [2.05, 4.69) is 29.6 Å². The summed E-state index contributed by atoms with van der Waals surface area (Å²) >= 11 is 0. The second-order valence-electron chi connectivity index (χ2n) is 5.32. The normalized spacial score (nSPS) is 17.5. The van der Waals surface area contributed by atoms with Crippen molar-refractivity contribution >= 4 is 0 Å². The number of benzene rings is 2. The molecule has 1 unspecified atom stereocenters. The summed E-state index contributed by atoms with van der Waals surface area (Å²) in [5.74, 6) is 0.947. The Morgan fingerprint density at radius 2 is 1.70 bits per heavy atom. The first-order valence-electron chi connectivity index (χ1n) is 7.40. The van der Waals surface area contributed by atoms with E-state index in [9.17, 15) is 0 Å². The third kappa shape index (κ3) is 3.40. The van der Waals surface area contributed by atoms with Crippen molar-refractivity contribution in [1.82, 2.24) is 5.32 Å². The van der Waals surface area contributed by atoms with Crippen LogP contribution in [-0.2, 0) is 12.8 Å². The molecule has 2 aromatic rings. The van der Waals surface area contributed by atoms with Crippen molar-refractivity contribution in [2.24, 2.45) is 0 Å². The highest BCUT2D eigenvalue weighted by atomic mass is 16.5. The molecule has 1 aliphatic rings. The summed E-state index contributed by atoms with van der Waals surface area (Å²) in [5, 5.41) is 3.61. The van der Waals surface area contributed by atoms with Crippen molar-refractivity contribution in [3.05, 3.63) is 65.7 Å². The Labute approximate surface area is 120 Å². The summed E-state index contributed by atoms with van der Waals surface area (Å²) in [6.45, 7) is 1.63. The number of ether oxygens (including phenoxy) is 1. The third-order valence-electron chi connectivity index (χ3n) is 3.89. The number of para-hydroxylation sites is 1. The van der Waals surface area contributed by atoms with Crippen LogP contribution in [0.3, 0.4) is 0 Å². The molecule has 2 heteroatoms. The standard InChI is InChI=1S/C18H21NO/c1-2-8-18(9-3-1)20-13-12-19-17-11-10-15-6-4-5-7-16(15)14-17/h1-9,17,19H,10-14H2. The van der Waals surface area contributed by atoms with E-state index in [0.29, 0.717) is 6.04 Å². The summed E-state index contributed by atoms with van der Waals surface area (Å²) in [5.41, 5.74) is 3.02. The number of hydrogen-bond donors (Lipinski definition) is 1. The zero-order chi connectivity index (χ0) is 13.6. The highest BCUT2D eigenvalue weighted by molar-refractivity contribution is 5.30. The van der Waals surface area contributed by atoms with E-state index in [-0.39, 0.29) is 0 Å². The third-order valence-corrected chi connectivity index (χ3v) is 3.89. The van der Waals surface area contributed by atoms with E-state index in [0.717, 1.165) is 25.3 Å². The van der Waals surface area contributed by atoms with Crippen LogP contribution in [0.5, 0.6) is 5.75 Å². The van der Waals surface area contributed by atoms with Gasteiger partial charge >= 0.3 is 0 Å². The molecule has 0 bridgehead atoms. The van der Waals surface area contributed by atoms with Crippen LogP contribution in [0.1, 0.15) is 17.5 Å². The summed E-state index contributed by atoms with van der Waals surface area (Å²) < 4.78 is 5.70. The minimum atomic E-state index is 0.587. The maximum Gasteiger partial charge on any atom is 0.119 e. The fourth-order valence-electron chi connectivity index (χ4n) is 2.82. The van der Waals surface area contributed by atoms with Crippen molar-refractivity contribution in [3.63, 3.8) is 0 Å². The lowest BCUT2D eigenvalue weighted by molar-refractivity contribution is 0.300. The van der Waals surface area contributed by atoms with Crippen LogP contribution < -0.4 is 10.1 Å². The Balaban J connectivity index is 1.42. The Bertz CT molecular complexity index is 538. The van der Waals surface area contributed by atoms with Crippen LogP contribution in [0.2, 0.25) is 0 Å². The zero-order valence-corrected chi connectivity index (χ0v) is 11.7. The number of hydrogen-bond acceptors (Lipinski definition) is 2. The van der Waals surface area contributed by atoms with Gasteiger partial charge in [0.2, 0.25) is 0 Å². The van der Waals surface area contributed by atoms with Crippen molar-refractivity contribution in [3.8, 4) is 5.75 Å². The van der Waals surface area contributed by atoms with Crippen LogP contribution in [0.25, 0.3) is 0 Å². The quantitative estimate of drug-likeness (QED) is 0.840. The average molecular weight is 267 g/mol. The van der Waals surface area contributed by atoms with E-state index in [4.69, 9.17) is 4.74 Å². The average Bonchev–Trinajstić information content (AvgIpc) is 2.52. The highest BCUT2D eigenvalue weighted by Gasteiger charge is 2.17. The molecule has 0 spiro atoms. The van der Waals surface area contributed by atoms with Crippen molar-refractivity contribution < 1.29 is 4.74 Å². The fourth-order valence-corrected chi connectivity index (χ4v) is 2.82. The summed E-state index contributed by atoms with van der Waals surface area (Å²) in [4.78, 5) is 0. The van der Waals surface area contributed by atoms with Crippen LogP contribution in [0, 0.1) is 0 Å². The summed E-state index contributed by atoms with van der Waals surface area (Å²) in [6, 6.07) is 19.4. The first-order valence-corrected chi connectivity index (χ1v) is 7.40. The topological polar surface area (TPSA) is 21.3 Å². The molecule has 0 amide bonds. The maximum atomic E-state index is 5.70. The zero-order valence-electron chi connectivity index (χ0n) is 11.7. The monoisotopic (exact) mass is 267 g/mol. The molecular weight excluding hydrogens is 246 g/mol. The van der Waals surface area contributed by atoms with Gasteiger partial charge in [-0.15, -0.1) is 0 Å². The fraction of sp³-hybridized carbons (Fsp3) is 0.333. The van der Waals surface area contributed by atoms with Crippen molar-refractivity contribution in [1.29, 1.82) is 0 Å². The summed E-state index contributed by atoms with van der Waals surface area (Å²) in [6.07, 6.45) is 3.55. The first kappa shape index (κ1) is 13.2. The molecule has 0 heterocycles. The van der Waals surface area contributed by atoms with Gasteiger partial charge in [-0.1, -0.05) is 42.5 Å². The number of fused-ring (bicyclic) bond motifs is 1. The predicted octanol–water partition coefficient (Wildman–Crippen LogP) is 3.21. The molecule has 104 valence electrons. The van der Waals surface area contributed by atoms with Gasteiger partial charge < -0.3 is 10.1 Å². The first-order chi connectivity index (χ1) is 9.92. The smallest absolute Gasteiger partial charge is 0.119 e. The van der Waals surface area contributed by atoms with Gasteiger partial charge in [0.25, 0.3) is 0 Å². The van der Waals surface area contributed by atoms with Crippen LogP contribution >= 0.6 is 0 Å². The minimum Gasteiger partial charge on any atom is -0.492 e. The molecule has 20 heavy (non-hydrogen) atoms. The van der Waals surface area contributed by atoms with Gasteiger partial charge in [-0.05, 0) is 42.5 Å². The van der Waals surface area contributed by atoms with E-state index >= 15 is 0 Å². The Kier molecular flexibility index (Phi) is 4.34. The molecule has 0 aliphatic heterocycles. The second kappa shape index (κ2) is 6.58. The molecule has 0 radical (unpaired) electrons. The van der Waals surface area contributed by atoms with Gasteiger partial charge in [-0.2, -0.15) is 0 Å².